The maximum Gasteiger partial charge on any atom is 0.144 e. The first-order chi connectivity index (χ1) is 10.3. The smallest absolute Gasteiger partial charge is 0.144 e. The van der Waals surface area contributed by atoms with Gasteiger partial charge in [-0.2, -0.15) is 5.26 Å². The van der Waals surface area contributed by atoms with Crippen LogP contribution < -0.4 is 5.32 Å². The highest BCUT2D eigenvalue weighted by Crippen LogP contribution is 2.19. The van der Waals surface area contributed by atoms with Gasteiger partial charge in [-0.05, 0) is 12.1 Å². The number of anilines is 1. The van der Waals surface area contributed by atoms with Crippen LogP contribution in [0.1, 0.15) is 11.4 Å². The average molecular weight is 277 g/mol. The van der Waals surface area contributed by atoms with E-state index in [4.69, 9.17) is 0 Å². The van der Waals surface area contributed by atoms with Crippen LogP contribution in [0.3, 0.4) is 0 Å². The third kappa shape index (κ3) is 2.70. The van der Waals surface area contributed by atoms with Crippen LogP contribution in [0.2, 0.25) is 0 Å². The van der Waals surface area contributed by atoms with Crippen molar-refractivity contribution in [2.45, 2.75) is 6.42 Å². The van der Waals surface area contributed by atoms with Crippen molar-refractivity contribution in [3.05, 3.63) is 54.1 Å². The Balaban J connectivity index is 1.80. The number of nitrogens with zero attached hydrogens (tertiary/aromatic N) is 4. The molecule has 0 radical (unpaired) electrons. The molecule has 3 rings (SSSR count). The molecule has 0 saturated heterocycles. The predicted molar refractivity (Wildman–Crippen MR) is 81.9 cm³/mol. The molecule has 0 fully saturated rings. The summed E-state index contributed by atoms with van der Waals surface area (Å²) in [7, 11) is 1.97. The van der Waals surface area contributed by atoms with Gasteiger partial charge in [0.15, 0.2) is 0 Å². The van der Waals surface area contributed by atoms with Crippen LogP contribution >= 0.6 is 0 Å². The van der Waals surface area contributed by atoms with Crippen molar-refractivity contribution in [2.24, 2.45) is 7.05 Å². The quantitative estimate of drug-likeness (QED) is 0.795. The fraction of sp³-hybridized carbons (Fsp3) is 0.188. The lowest BCUT2D eigenvalue weighted by molar-refractivity contribution is 0.788. The number of fused-ring (bicyclic) bond motifs is 1. The first-order valence-corrected chi connectivity index (χ1v) is 6.78. The average Bonchev–Trinajstić information content (AvgIpc) is 2.92. The molecule has 0 aliphatic heterocycles. The summed E-state index contributed by atoms with van der Waals surface area (Å²) >= 11 is 0. The summed E-state index contributed by atoms with van der Waals surface area (Å²) in [6.45, 7) is 0.685. The number of hydrogen-bond acceptors (Lipinski definition) is 4. The largest absolute Gasteiger partial charge is 0.369 e. The van der Waals surface area contributed by atoms with Gasteiger partial charge in [0.1, 0.15) is 17.7 Å². The molecule has 104 valence electrons. The maximum atomic E-state index is 9.26. The monoisotopic (exact) mass is 277 g/mol. The Kier molecular flexibility index (Phi) is 3.52. The number of para-hydroxylation sites is 1. The zero-order chi connectivity index (χ0) is 14.7. The number of hydrogen-bond donors (Lipinski definition) is 1. The van der Waals surface area contributed by atoms with E-state index >= 15 is 0 Å². The summed E-state index contributed by atoms with van der Waals surface area (Å²) in [6, 6.07) is 11.9. The molecule has 0 aliphatic rings. The van der Waals surface area contributed by atoms with Crippen LogP contribution in [0.4, 0.5) is 5.82 Å². The second-order valence-electron chi connectivity index (χ2n) is 4.82. The molecule has 2 heterocycles. The summed E-state index contributed by atoms with van der Waals surface area (Å²) < 4.78 is 1.99. The van der Waals surface area contributed by atoms with Gasteiger partial charge in [-0.25, -0.2) is 9.97 Å². The molecule has 1 aromatic carbocycles. The lowest BCUT2D eigenvalue weighted by Crippen LogP contribution is -2.10. The molecule has 1 N–H and O–H groups in total. The van der Waals surface area contributed by atoms with E-state index in [1.807, 2.05) is 48.1 Å². The molecular weight excluding hydrogens is 262 g/mol. The molecule has 0 atom stereocenters. The van der Waals surface area contributed by atoms with Crippen LogP contribution in [0.15, 0.2) is 42.7 Å². The third-order valence-electron chi connectivity index (χ3n) is 3.41. The standard InChI is InChI=1S/C16H15N5/c1-21-9-8-18-15(21)6-7-19-16-13(11-17)10-12-4-2-3-5-14(12)20-16/h2-5,8-10H,6-7H2,1H3,(H,19,20). The number of aromatic nitrogens is 3. The first kappa shape index (κ1) is 13.1. The van der Waals surface area contributed by atoms with Crippen LogP contribution in [0, 0.1) is 11.3 Å². The molecule has 0 bridgehead atoms. The number of benzene rings is 1. The molecule has 5 nitrogen and oxygen atoms in total. The molecule has 0 unspecified atom stereocenters. The van der Waals surface area contributed by atoms with E-state index in [1.165, 1.54) is 0 Å². The maximum absolute atomic E-state index is 9.26. The number of imidazole rings is 1. The Morgan fingerprint density at radius 1 is 1.33 bits per heavy atom. The van der Waals surface area contributed by atoms with Gasteiger partial charge in [-0.3, -0.25) is 0 Å². The van der Waals surface area contributed by atoms with Gasteiger partial charge in [-0.1, -0.05) is 18.2 Å². The van der Waals surface area contributed by atoms with Crippen LogP contribution in [0.5, 0.6) is 0 Å². The molecule has 0 aliphatic carbocycles. The van der Waals surface area contributed by atoms with Crippen LogP contribution in [-0.2, 0) is 13.5 Å². The fourth-order valence-corrected chi connectivity index (χ4v) is 2.27. The van der Waals surface area contributed by atoms with Crippen molar-refractivity contribution >= 4 is 16.7 Å². The van der Waals surface area contributed by atoms with Crippen molar-refractivity contribution < 1.29 is 0 Å². The van der Waals surface area contributed by atoms with E-state index in [1.54, 1.807) is 6.20 Å². The number of nitrogens with one attached hydrogen (secondary N) is 1. The van der Waals surface area contributed by atoms with E-state index in [0.29, 0.717) is 17.9 Å². The van der Waals surface area contributed by atoms with Gasteiger partial charge < -0.3 is 9.88 Å². The Morgan fingerprint density at radius 2 is 2.19 bits per heavy atom. The van der Waals surface area contributed by atoms with Gasteiger partial charge in [0.05, 0.1) is 11.1 Å². The highest BCUT2D eigenvalue weighted by Gasteiger charge is 2.06. The van der Waals surface area contributed by atoms with Gasteiger partial charge >= 0.3 is 0 Å². The SMILES string of the molecule is Cn1ccnc1CCNc1nc2ccccc2cc1C#N. The molecule has 0 spiro atoms. The molecule has 2 aromatic heterocycles. The van der Waals surface area contributed by atoms with E-state index in [2.05, 4.69) is 21.4 Å². The minimum absolute atomic E-state index is 0.563. The van der Waals surface area contributed by atoms with E-state index in [-0.39, 0.29) is 0 Å². The van der Waals surface area contributed by atoms with Crippen LogP contribution in [-0.4, -0.2) is 21.1 Å². The van der Waals surface area contributed by atoms with Gasteiger partial charge in [0.2, 0.25) is 0 Å². The Morgan fingerprint density at radius 3 is 2.95 bits per heavy atom. The summed E-state index contributed by atoms with van der Waals surface area (Å²) in [5, 5.41) is 13.5. The number of rotatable bonds is 4. The Hall–Kier alpha value is -2.87. The molecule has 5 heteroatoms. The molecule has 21 heavy (non-hydrogen) atoms. The Labute approximate surface area is 122 Å². The summed E-state index contributed by atoms with van der Waals surface area (Å²) in [5.74, 6) is 1.63. The molecule has 0 saturated carbocycles. The first-order valence-electron chi connectivity index (χ1n) is 6.78. The summed E-state index contributed by atoms with van der Waals surface area (Å²) in [5.41, 5.74) is 1.45. The van der Waals surface area contributed by atoms with E-state index < -0.39 is 0 Å². The molecule has 0 amide bonds. The number of aryl methyl sites for hydroxylation is 1. The summed E-state index contributed by atoms with van der Waals surface area (Å²) in [6.07, 6.45) is 4.48. The number of pyridine rings is 1. The lowest BCUT2D eigenvalue weighted by Gasteiger charge is -2.08. The van der Waals surface area contributed by atoms with Crippen molar-refractivity contribution in [1.29, 1.82) is 5.26 Å². The predicted octanol–water partition coefficient (Wildman–Crippen LogP) is 2.49. The second-order valence-corrected chi connectivity index (χ2v) is 4.82. The normalized spacial score (nSPS) is 10.5. The van der Waals surface area contributed by atoms with E-state index in [9.17, 15) is 5.26 Å². The van der Waals surface area contributed by atoms with E-state index in [0.717, 1.165) is 23.1 Å². The van der Waals surface area contributed by atoms with Crippen LogP contribution in [0.25, 0.3) is 10.9 Å². The van der Waals surface area contributed by atoms with Gasteiger partial charge in [0, 0.05) is 37.8 Å². The minimum atomic E-state index is 0.563. The van der Waals surface area contributed by atoms with Gasteiger partial charge in [0.25, 0.3) is 0 Å². The summed E-state index contributed by atoms with van der Waals surface area (Å²) in [4.78, 5) is 8.80. The van der Waals surface area contributed by atoms with Crippen molar-refractivity contribution in [3.8, 4) is 6.07 Å². The Bertz CT molecular complexity index is 813. The molecule has 3 aromatic rings. The highest BCUT2D eigenvalue weighted by atomic mass is 15.0. The zero-order valence-corrected chi connectivity index (χ0v) is 11.7. The lowest BCUT2D eigenvalue weighted by atomic mass is 10.1. The van der Waals surface area contributed by atoms with Gasteiger partial charge in [-0.15, -0.1) is 0 Å². The topological polar surface area (TPSA) is 66.5 Å². The molecular formula is C16H15N5. The third-order valence-corrected chi connectivity index (χ3v) is 3.41. The van der Waals surface area contributed by atoms with Crippen molar-refractivity contribution in [3.63, 3.8) is 0 Å². The zero-order valence-electron chi connectivity index (χ0n) is 11.7. The van der Waals surface area contributed by atoms with Crippen molar-refractivity contribution in [2.75, 3.05) is 11.9 Å². The number of nitriles is 1. The minimum Gasteiger partial charge on any atom is -0.369 e. The van der Waals surface area contributed by atoms with Crippen molar-refractivity contribution in [1.82, 2.24) is 14.5 Å². The second kappa shape index (κ2) is 5.63. The fourth-order valence-electron chi connectivity index (χ4n) is 2.27. The highest BCUT2D eigenvalue weighted by molar-refractivity contribution is 5.82.